The molecular weight excluding hydrogens is 434 g/mol. The lowest BCUT2D eigenvalue weighted by molar-refractivity contribution is -0.121. The van der Waals surface area contributed by atoms with E-state index in [1.54, 1.807) is 20.8 Å². The molecule has 0 saturated carbocycles. The molecule has 0 heterocycles. The number of hydrogen-bond acceptors (Lipinski definition) is 6. The van der Waals surface area contributed by atoms with Crippen molar-refractivity contribution in [1.29, 1.82) is 0 Å². The predicted octanol–water partition coefficient (Wildman–Crippen LogP) is 4.90. The molecule has 0 atom stereocenters. The van der Waals surface area contributed by atoms with Crippen molar-refractivity contribution >= 4 is 18.2 Å². The van der Waals surface area contributed by atoms with Gasteiger partial charge in [0, 0.05) is 17.7 Å². The number of carbonyl (C=O) groups is 2. The van der Waals surface area contributed by atoms with E-state index in [2.05, 4.69) is 10.6 Å². The molecule has 2 amide bonds. The Balaban J connectivity index is 1.39. The van der Waals surface area contributed by atoms with Gasteiger partial charge in [0.15, 0.2) is 0 Å². The SMILES string of the molecule is CC(C)(C)OC(=O)NN(C=O)CCCC/C=C/COc1ccc2c(c1)/C(=N/O)c1ccccc1-2. The van der Waals surface area contributed by atoms with Crippen LogP contribution in [-0.4, -0.2) is 47.2 Å². The molecule has 0 fully saturated rings. The van der Waals surface area contributed by atoms with Gasteiger partial charge in [0.05, 0.1) is 0 Å². The maximum absolute atomic E-state index is 11.7. The molecule has 0 spiro atoms. The van der Waals surface area contributed by atoms with Gasteiger partial charge >= 0.3 is 6.09 Å². The lowest BCUT2D eigenvalue weighted by atomic mass is 10.1. The van der Waals surface area contributed by atoms with Crippen LogP contribution in [0.25, 0.3) is 11.1 Å². The fraction of sp³-hybridized carbons (Fsp3) is 0.346. The highest BCUT2D eigenvalue weighted by Crippen LogP contribution is 2.38. The maximum Gasteiger partial charge on any atom is 0.426 e. The molecule has 0 saturated heterocycles. The van der Waals surface area contributed by atoms with E-state index in [9.17, 15) is 14.8 Å². The quantitative estimate of drug-likeness (QED) is 0.146. The van der Waals surface area contributed by atoms with Crippen molar-refractivity contribution in [1.82, 2.24) is 10.4 Å². The van der Waals surface area contributed by atoms with E-state index in [0.29, 0.717) is 31.0 Å². The van der Waals surface area contributed by atoms with Crippen molar-refractivity contribution in [3.05, 3.63) is 65.7 Å². The van der Waals surface area contributed by atoms with Gasteiger partial charge in [-0.15, -0.1) is 0 Å². The summed E-state index contributed by atoms with van der Waals surface area (Å²) in [5.41, 5.74) is 6.19. The minimum absolute atomic E-state index is 0.402. The monoisotopic (exact) mass is 465 g/mol. The van der Waals surface area contributed by atoms with Crippen LogP contribution < -0.4 is 10.2 Å². The van der Waals surface area contributed by atoms with Gasteiger partial charge in [-0.2, -0.15) is 0 Å². The second-order valence-corrected chi connectivity index (χ2v) is 8.89. The number of oxime groups is 1. The van der Waals surface area contributed by atoms with Crippen LogP contribution in [0, 0.1) is 0 Å². The number of rotatable bonds is 10. The van der Waals surface area contributed by atoms with Crippen molar-refractivity contribution in [2.24, 2.45) is 5.16 Å². The highest BCUT2D eigenvalue weighted by molar-refractivity contribution is 6.24. The third kappa shape index (κ3) is 6.60. The summed E-state index contributed by atoms with van der Waals surface area (Å²) in [5, 5.41) is 14.2. The molecule has 8 heteroatoms. The van der Waals surface area contributed by atoms with Gasteiger partial charge in [-0.25, -0.2) is 10.2 Å². The van der Waals surface area contributed by atoms with Crippen LogP contribution in [0.3, 0.4) is 0 Å². The van der Waals surface area contributed by atoms with Crippen LogP contribution in [-0.2, 0) is 9.53 Å². The van der Waals surface area contributed by atoms with Crippen molar-refractivity contribution < 1.29 is 24.3 Å². The zero-order valence-electron chi connectivity index (χ0n) is 19.8. The summed E-state index contributed by atoms with van der Waals surface area (Å²) in [4.78, 5) is 22.9. The summed E-state index contributed by atoms with van der Waals surface area (Å²) >= 11 is 0. The van der Waals surface area contributed by atoms with E-state index in [1.807, 2.05) is 54.6 Å². The smallest absolute Gasteiger partial charge is 0.426 e. The number of carbonyl (C=O) groups excluding carboxylic acids is 2. The molecule has 1 aliphatic carbocycles. The second-order valence-electron chi connectivity index (χ2n) is 8.89. The average Bonchev–Trinajstić information content (AvgIpc) is 3.11. The Morgan fingerprint density at radius 1 is 1.06 bits per heavy atom. The number of nitrogens with zero attached hydrogens (tertiary/aromatic N) is 2. The molecule has 2 N–H and O–H groups in total. The molecule has 0 bridgehead atoms. The van der Waals surface area contributed by atoms with Gasteiger partial charge in [-0.05, 0) is 69.4 Å². The fourth-order valence-corrected chi connectivity index (χ4v) is 3.65. The van der Waals surface area contributed by atoms with Gasteiger partial charge in [-0.1, -0.05) is 41.6 Å². The number of allylic oxidation sites excluding steroid dienone is 1. The molecule has 0 unspecified atom stereocenters. The summed E-state index contributed by atoms with van der Waals surface area (Å²) in [5.74, 6) is 0.701. The first-order chi connectivity index (χ1) is 16.3. The Hall–Kier alpha value is -3.81. The summed E-state index contributed by atoms with van der Waals surface area (Å²) in [6.45, 7) is 6.10. The third-order valence-electron chi connectivity index (χ3n) is 5.11. The molecule has 2 aromatic rings. The average molecular weight is 466 g/mol. The first kappa shape index (κ1) is 24.8. The standard InChI is InChI=1S/C26H31N3O5/c1-26(2,3)34-25(31)27-29(18-30)15-9-5-4-6-10-16-33-19-13-14-21-20-11-7-8-12-22(20)24(28-32)23(21)17-19/h6-8,10-14,17-18,32H,4-5,9,15-16H2,1-3H3,(H,27,31)/b10-6+,28-24+. The summed E-state index contributed by atoms with van der Waals surface area (Å²) in [7, 11) is 0. The zero-order chi connectivity index (χ0) is 24.6. The third-order valence-corrected chi connectivity index (χ3v) is 5.11. The number of hydrogen-bond donors (Lipinski definition) is 2. The van der Waals surface area contributed by atoms with Crippen LogP contribution in [0.2, 0.25) is 0 Å². The van der Waals surface area contributed by atoms with E-state index in [0.717, 1.165) is 41.5 Å². The number of fused-ring (bicyclic) bond motifs is 3. The van der Waals surface area contributed by atoms with Crippen molar-refractivity contribution in [2.75, 3.05) is 13.2 Å². The normalized spacial score (nSPS) is 13.4. The van der Waals surface area contributed by atoms with Gasteiger partial charge in [0.1, 0.15) is 23.7 Å². The van der Waals surface area contributed by atoms with Gasteiger partial charge in [0.2, 0.25) is 6.41 Å². The lowest BCUT2D eigenvalue weighted by Crippen LogP contribution is -2.44. The molecule has 0 aromatic heterocycles. The van der Waals surface area contributed by atoms with E-state index < -0.39 is 11.7 Å². The second kappa shape index (κ2) is 11.4. The zero-order valence-corrected chi connectivity index (χ0v) is 19.8. The number of nitrogens with one attached hydrogen (secondary N) is 1. The highest BCUT2D eigenvalue weighted by atomic mass is 16.6. The molecule has 8 nitrogen and oxygen atoms in total. The Labute approximate surface area is 199 Å². The summed E-state index contributed by atoms with van der Waals surface area (Å²) in [6.07, 6.45) is 6.30. The Kier molecular flexibility index (Phi) is 8.29. The molecule has 3 rings (SSSR count). The molecule has 1 aliphatic rings. The minimum Gasteiger partial charge on any atom is -0.490 e. The first-order valence-corrected chi connectivity index (χ1v) is 11.3. The number of unbranched alkanes of at least 4 members (excludes halogenated alkanes) is 2. The molecule has 2 aromatic carbocycles. The number of ether oxygens (including phenoxy) is 2. The largest absolute Gasteiger partial charge is 0.490 e. The number of benzene rings is 2. The lowest BCUT2D eigenvalue weighted by Gasteiger charge is -2.23. The minimum atomic E-state index is -0.649. The Morgan fingerprint density at radius 2 is 1.79 bits per heavy atom. The highest BCUT2D eigenvalue weighted by Gasteiger charge is 2.25. The molecular formula is C26H31N3O5. The molecule has 34 heavy (non-hydrogen) atoms. The van der Waals surface area contributed by atoms with Gasteiger partial charge < -0.3 is 14.7 Å². The van der Waals surface area contributed by atoms with Gasteiger partial charge in [0.25, 0.3) is 0 Å². The summed E-state index contributed by atoms with van der Waals surface area (Å²) < 4.78 is 11.0. The topological polar surface area (TPSA) is 100 Å². The predicted molar refractivity (Wildman–Crippen MR) is 130 cm³/mol. The van der Waals surface area contributed by atoms with Crippen molar-refractivity contribution in [3.63, 3.8) is 0 Å². The molecule has 180 valence electrons. The van der Waals surface area contributed by atoms with Crippen LogP contribution >= 0.6 is 0 Å². The van der Waals surface area contributed by atoms with Crippen LogP contribution in [0.5, 0.6) is 5.75 Å². The maximum atomic E-state index is 11.7. The fourth-order valence-electron chi connectivity index (χ4n) is 3.65. The van der Waals surface area contributed by atoms with Crippen molar-refractivity contribution in [2.45, 2.75) is 45.6 Å². The molecule has 0 radical (unpaired) electrons. The van der Waals surface area contributed by atoms with Crippen molar-refractivity contribution in [3.8, 4) is 16.9 Å². The van der Waals surface area contributed by atoms with Gasteiger partial charge in [-0.3, -0.25) is 9.80 Å². The van der Waals surface area contributed by atoms with E-state index in [4.69, 9.17) is 9.47 Å². The van der Waals surface area contributed by atoms with E-state index in [1.165, 1.54) is 5.01 Å². The number of hydrazine groups is 1. The Bertz CT molecular complexity index is 1070. The first-order valence-electron chi connectivity index (χ1n) is 11.3. The summed E-state index contributed by atoms with van der Waals surface area (Å²) in [6, 6.07) is 13.6. The van der Waals surface area contributed by atoms with E-state index in [-0.39, 0.29) is 0 Å². The van der Waals surface area contributed by atoms with Crippen LogP contribution in [0.15, 0.2) is 59.8 Å². The Morgan fingerprint density at radius 3 is 2.50 bits per heavy atom. The van der Waals surface area contributed by atoms with E-state index >= 15 is 0 Å². The molecule has 0 aliphatic heterocycles. The van der Waals surface area contributed by atoms with Crippen LogP contribution in [0.1, 0.15) is 51.2 Å². The number of amides is 2. The van der Waals surface area contributed by atoms with Crippen LogP contribution in [0.4, 0.5) is 4.79 Å².